The fraction of sp³-hybridized carbons (Fsp3) is 1.00. The van der Waals surface area contributed by atoms with Crippen molar-refractivity contribution >= 4 is 0 Å². The Morgan fingerprint density at radius 1 is 0.119 bits per heavy atom. The molecule has 0 aromatic heterocycles. The Bertz CT molecular complexity index is 1740. The van der Waals surface area contributed by atoms with Gasteiger partial charge in [-0.3, -0.25) is 0 Å². The molecule has 608 valence electrons. The van der Waals surface area contributed by atoms with E-state index in [2.05, 4.69) is 0 Å². The highest BCUT2D eigenvalue weighted by atomic mass is 16.6. The van der Waals surface area contributed by atoms with E-state index in [-0.39, 0.29) is 185 Å². The second-order valence-electron chi connectivity index (χ2n) is 23.3. The van der Waals surface area contributed by atoms with Crippen LogP contribution >= 0.6 is 0 Å². The molecule has 20 atom stereocenters. The van der Waals surface area contributed by atoms with Crippen molar-refractivity contribution in [3.05, 3.63) is 0 Å². The molecule has 0 saturated carbocycles. The first-order valence-corrected chi connectivity index (χ1v) is 33.1. The van der Waals surface area contributed by atoms with Crippen LogP contribution in [0.3, 0.4) is 0 Å². The van der Waals surface area contributed by atoms with E-state index in [4.69, 9.17) is 105 Å². The van der Waals surface area contributed by atoms with E-state index in [1.807, 2.05) is 0 Å². The predicted molar refractivity (Wildman–Crippen MR) is 340 cm³/mol. The molecule has 0 fully saturated rings. The van der Waals surface area contributed by atoms with Gasteiger partial charge in [-0.05, 0) is 0 Å². The van der Waals surface area contributed by atoms with Gasteiger partial charge in [-0.1, -0.05) is 0 Å². The molecule has 0 rings (SSSR count). The lowest BCUT2D eigenvalue weighted by molar-refractivity contribution is -0.159. The van der Waals surface area contributed by atoms with Crippen LogP contribution in [0.25, 0.3) is 0 Å². The first-order chi connectivity index (χ1) is 48.6. The molecule has 0 aromatic carbocycles. The third kappa shape index (κ3) is 60.0. The molecule has 0 amide bonds. The molecule has 101 heavy (non-hydrogen) atoms. The fourth-order valence-corrected chi connectivity index (χ4v) is 7.43. The molecule has 41 heteroatoms. The molecular weight excluding hydrogens is 1380 g/mol. The maximum absolute atomic E-state index is 10.7. The lowest BCUT2D eigenvalue weighted by Crippen LogP contribution is -2.39. The summed E-state index contributed by atoms with van der Waals surface area (Å²) < 4.78 is 109. The SMILES string of the molecule is OCC(O)COCC(O)COCC(COCC(COC(COCC(O)CO)COC(COCC(O)CO)COCC(COCC(O)CO)OCC(COCC(O)CO)OCC(O)COCC(O)CO)OCC(COCC(O)COCC(O)CO)OCC(O)COCC(O)CO)OCC(O)CO. The normalized spacial score (nSPS) is 18.4. The molecule has 0 saturated heterocycles. The Morgan fingerprint density at radius 2 is 0.218 bits per heavy atom. The number of aliphatic hydroxyl groups is 22. The maximum Gasteiger partial charge on any atom is 0.104 e. The molecule has 0 radical (unpaired) electrons. The molecule has 0 aromatic rings. The van der Waals surface area contributed by atoms with Gasteiger partial charge in [0.15, 0.2) is 0 Å². The summed E-state index contributed by atoms with van der Waals surface area (Å²) in [6.07, 6.45) is -23.5. The van der Waals surface area contributed by atoms with Gasteiger partial charge in [-0.15, -0.1) is 0 Å². The van der Waals surface area contributed by atoms with Crippen LogP contribution in [0.15, 0.2) is 0 Å². The van der Waals surface area contributed by atoms with Crippen LogP contribution in [0.4, 0.5) is 0 Å². The zero-order valence-corrected chi connectivity index (χ0v) is 57.4. The quantitative estimate of drug-likeness (QED) is 0.0269. The Balaban J connectivity index is 7.10. The molecule has 0 heterocycles. The van der Waals surface area contributed by atoms with Crippen molar-refractivity contribution in [2.24, 2.45) is 0 Å². The second kappa shape index (κ2) is 67.7. The van der Waals surface area contributed by atoms with Gasteiger partial charge in [0, 0.05) is 0 Å². The first kappa shape index (κ1) is 99.4. The zero-order valence-electron chi connectivity index (χ0n) is 57.4. The van der Waals surface area contributed by atoms with E-state index in [1.165, 1.54) is 0 Å². The second-order valence-corrected chi connectivity index (χ2v) is 23.3. The summed E-state index contributed by atoms with van der Waals surface area (Å²) in [6, 6.07) is 0. The van der Waals surface area contributed by atoms with Crippen LogP contribution in [0, 0.1) is 0 Å². The van der Waals surface area contributed by atoms with Crippen molar-refractivity contribution in [3.63, 3.8) is 0 Å². The predicted octanol–water partition coefficient (Wildman–Crippen LogP) is -13.5. The molecule has 20 unspecified atom stereocenters. The molecular formula is C60H122O41. The third-order valence-corrected chi connectivity index (χ3v) is 12.9. The van der Waals surface area contributed by atoms with Crippen LogP contribution in [0.2, 0.25) is 0 Å². The summed E-state index contributed by atoms with van der Waals surface area (Å²) in [6.45, 7) is -15.5. The summed E-state index contributed by atoms with van der Waals surface area (Å²) in [4.78, 5) is 0. The summed E-state index contributed by atoms with van der Waals surface area (Å²) in [5.74, 6) is 0. The molecule has 0 aliphatic carbocycles. The monoisotopic (exact) mass is 1500 g/mol. The summed E-state index contributed by atoms with van der Waals surface area (Å²) in [5, 5.41) is 215. The minimum Gasteiger partial charge on any atom is -0.394 e. The molecule has 0 aliphatic rings. The number of ether oxygens (including phenoxy) is 19. The van der Waals surface area contributed by atoms with E-state index in [0.717, 1.165) is 0 Å². The smallest absolute Gasteiger partial charge is 0.104 e. The van der Waals surface area contributed by atoms with Gasteiger partial charge in [-0.25, -0.2) is 0 Å². The lowest BCUT2D eigenvalue weighted by atomic mass is 10.3. The van der Waals surface area contributed by atoms with Gasteiger partial charge in [0.2, 0.25) is 0 Å². The average molecular weight is 1500 g/mol. The van der Waals surface area contributed by atoms with Crippen LogP contribution in [0.5, 0.6) is 0 Å². The molecule has 0 spiro atoms. The highest BCUT2D eigenvalue weighted by molar-refractivity contribution is 4.71. The Morgan fingerprint density at radius 3 is 0.386 bits per heavy atom. The van der Waals surface area contributed by atoms with Crippen LogP contribution in [-0.4, -0.2) is 499 Å². The van der Waals surface area contributed by atoms with Crippen molar-refractivity contribution < 1.29 is 202 Å². The largest absolute Gasteiger partial charge is 0.394 e. The van der Waals surface area contributed by atoms with Gasteiger partial charge in [0.1, 0.15) is 122 Å². The number of hydrogen-bond donors (Lipinski definition) is 22. The Kier molecular flexibility index (Phi) is 66.6. The molecule has 0 aliphatic heterocycles. The third-order valence-electron chi connectivity index (χ3n) is 12.9. The number of aliphatic hydroxyl groups excluding tert-OH is 22. The van der Waals surface area contributed by atoms with Crippen molar-refractivity contribution in [3.8, 4) is 0 Å². The highest BCUT2D eigenvalue weighted by Crippen LogP contribution is 2.12. The molecule has 0 bridgehead atoms. The lowest BCUT2D eigenvalue weighted by Gasteiger charge is -2.28. The zero-order chi connectivity index (χ0) is 75.3. The van der Waals surface area contributed by atoms with Crippen molar-refractivity contribution in [1.82, 2.24) is 0 Å². The van der Waals surface area contributed by atoms with Crippen molar-refractivity contribution in [2.75, 3.05) is 264 Å². The first-order valence-electron chi connectivity index (χ1n) is 33.1. The molecule has 22 N–H and O–H groups in total. The topological polar surface area (TPSA) is 620 Å². The van der Waals surface area contributed by atoms with Gasteiger partial charge in [0.25, 0.3) is 0 Å². The van der Waals surface area contributed by atoms with Gasteiger partial charge in [0.05, 0.1) is 264 Å². The van der Waals surface area contributed by atoms with Crippen molar-refractivity contribution in [2.45, 2.75) is 122 Å². The van der Waals surface area contributed by atoms with E-state index < -0.39 is 201 Å². The fourth-order valence-electron chi connectivity index (χ4n) is 7.43. The van der Waals surface area contributed by atoms with Crippen LogP contribution < -0.4 is 0 Å². The van der Waals surface area contributed by atoms with Crippen molar-refractivity contribution in [1.29, 1.82) is 0 Å². The summed E-state index contributed by atoms with van der Waals surface area (Å²) >= 11 is 0. The minimum absolute atomic E-state index is 0.240. The average Bonchev–Trinajstić information content (AvgIpc) is 1.05. The van der Waals surface area contributed by atoms with E-state index in [0.29, 0.717) is 0 Å². The standard InChI is InChI=1S/C60H122O41/c61-1-41(70)10-83-18-50(79)20-91-27-54(95-24-49(78)9-69)30-94-36-60(100-38-58(97-26-53(82)23-86-13-44(73)4-64)34-92-21-51(80)19-84-11-42(71)2-62)40-101-59(35-90-17-48(77)8-68)39-99-56(29-88-15-46(75)6-66)32-93-31-55(28-87-14-45(74)5-65)98-37-57(33-89-16-47(76)7-67)96-25-52(81)22-85-12-43(72)3-63/h41-82H,1-40H2. The van der Waals surface area contributed by atoms with Gasteiger partial charge < -0.3 is 202 Å². The molecule has 41 nitrogen and oxygen atoms in total. The summed E-state index contributed by atoms with van der Waals surface area (Å²) in [5.41, 5.74) is 0. The number of hydrogen-bond acceptors (Lipinski definition) is 41. The van der Waals surface area contributed by atoms with E-state index in [9.17, 15) is 97.0 Å². The van der Waals surface area contributed by atoms with Gasteiger partial charge in [-0.2, -0.15) is 0 Å². The summed E-state index contributed by atoms with van der Waals surface area (Å²) in [7, 11) is 0. The minimum atomic E-state index is -1.33. The van der Waals surface area contributed by atoms with Crippen LogP contribution in [0.1, 0.15) is 0 Å². The van der Waals surface area contributed by atoms with Gasteiger partial charge >= 0.3 is 0 Å². The van der Waals surface area contributed by atoms with E-state index >= 15 is 0 Å². The Labute approximate surface area is 587 Å². The number of rotatable bonds is 78. The highest BCUT2D eigenvalue weighted by Gasteiger charge is 2.26. The van der Waals surface area contributed by atoms with Crippen LogP contribution in [-0.2, 0) is 90.0 Å². The maximum atomic E-state index is 10.7. The van der Waals surface area contributed by atoms with E-state index in [1.54, 1.807) is 0 Å². The Hall–Kier alpha value is -1.64.